The molecule has 25 heavy (non-hydrogen) atoms. The van der Waals surface area contributed by atoms with Gasteiger partial charge in [0, 0.05) is 0 Å². The van der Waals surface area contributed by atoms with Crippen molar-refractivity contribution in [3.63, 3.8) is 0 Å². The number of fused-ring (bicyclic) bond motifs is 10. The molecule has 0 radical (unpaired) electrons. The largest absolute Gasteiger partial charge is 0.374 e. The molecule has 1 nitrogen and oxygen atoms in total. The molecule has 0 amide bonds. The first-order valence-electron chi connectivity index (χ1n) is 11.8. The van der Waals surface area contributed by atoms with Crippen LogP contribution in [0.15, 0.2) is 0 Å². The third-order valence-electron chi connectivity index (χ3n) is 11.1. The molecule has 0 aromatic carbocycles. The molecule has 10 atom stereocenters. The first kappa shape index (κ1) is 16.0. The molecular weight excluding hydrogens is 304 g/mol. The summed E-state index contributed by atoms with van der Waals surface area (Å²) < 4.78 is 7.08. The van der Waals surface area contributed by atoms with Gasteiger partial charge in [-0.2, -0.15) is 0 Å². The Morgan fingerprint density at radius 2 is 1.16 bits per heavy atom. The average molecular weight is 343 g/mol. The minimum absolute atomic E-state index is 0.509. The predicted octanol–water partition coefficient (Wildman–Crippen LogP) is 6.21. The summed E-state index contributed by atoms with van der Waals surface area (Å²) in [5.41, 5.74) is 1.14. The normalized spacial score (nSPS) is 57.8. The molecule has 140 valence electrons. The highest BCUT2D eigenvalue weighted by Gasteiger charge is 2.64. The van der Waals surface area contributed by atoms with Gasteiger partial charge in [0.25, 0.3) is 0 Å². The van der Waals surface area contributed by atoms with Crippen molar-refractivity contribution >= 4 is 0 Å². The van der Waals surface area contributed by atoms with Crippen molar-refractivity contribution in [2.24, 2.45) is 46.3 Å². The molecule has 0 heterocycles. The molecule has 6 fully saturated rings. The highest BCUT2D eigenvalue weighted by Crippen LogP contribution is 2.70. The molecule has 6 saturated carbocycles. The van der Waals surface area contributed by atoms with Crippen LogP contribution in [0.5, 0.6) is 0 Å². The topological polar surface area (TPSA) is 9.23 Å². The number of rotatable bonds is 4. The van der Waals surface area contributed by atoms with Crippen molar-refractivity contribution < 1.29 is 4.74 Å². The van der Waals surface area contributed by atoms with Crippen molar-refractivity contribution in [3.8, 4) is 0 Å². The second kappa shape index (κ2) is 5.27. The molecule has 6 aliphatic rings. The van der Waals surface area contributed by atoms with Gasteiger partial charge in [0.15, 0.2) is 0 Å². The summed E-state index contributed by atoms with van der Waals surface area (Å²) in [6, 6.07) is 0. The van der Waals surface area contributed by atoms with Crippen LogP contribution in [-0.4, -0.2) is 12.2 Å². The summed E-state index contributed by atoms with van der Waals surface area (Å²) >= 11 is 0. The first-order valence-corrected chi connectivity index (χ1v) is 11.8. The minimum Gasteiger partial charge on any atom is -0.374 e. The van der Waals surface area contributed by atoms with Gasteiger partial charge in [-0.1, -0.05) is 12.8 Å². The Balaban J connectivity index is 1.23. The van der Waals surface area contributed by atoms with Crippen molar-refractivity contribution in [1.82, 2.24) is 0 Å². The van der Waals surface area contributed by atoms with Gasteiger partial charge >= 0.3 is 0 Å². The van der Waals surface area contributed by atoms with Crippen LogP contribution in [0.2, 0.25) is 0 Å². The van der Waals surface area contributed by atoms with E-state index in [4.69, 9.17) is 4.74 Å². The summed E-state index contributed by atoms with van der Waals surface area (Å²) in [5, 5.41) is 0. The fourth-order valence-corrected chi connectivity index (χ4v) is 10.1. The average Bonchev–Trinajstić information content (AvgIpc) is 3.44. The molecule has 6 aliphatic carbocycles. The zero-order chi connectivity index (χ0) is 16.8. The fraction of sp³-hybridized carbons (Fsp3) is 1.00. The van der Waals surface area contributed by atoms with Crippen molar-refractivity contribution in [2.75, 3.05) is 0 Å². The second-order valence-electron chi connectivity index (χ2n) is 11.3. The van der Waals surface area contributed by atoms with Crippen LogP contribution in [0.25, 0.3) is 0 Å². The lowest BCUT2D eigenvalue weighted by Gasteiger charge is -2.46. The van der Waals surface area contributed by atoms with Crippen LogP contribution in [0, 0.1) is 46.3 Å². The first-order chi connectivity index (χ1) is 12.1. The zero-order valence-corrected chi connectivity index (χ0v) is 16.5. The Morgan fingerprint density at radius 3 is 1.64 bits per heavy atom. The van der Waals surface area contributed by atoms with Crippen LogP contribution in [0.1, 0.15) is 90.9 Å². The summed E-state index contributed by atoms with van der Waals surface area (Å²) in [6.07, 6.45) is 19.1. The third kappa shape index (κ3) is 1.90. The molecule has 0 saturated heterocycles. The highest BCUT2D eigenvalue weighted by atomic mass is 16.5. The van der Waals surface area contributed by atoms with E-state index >= 15 is 0 Å². The molecule has 10 unspecified atom stereocenters. The van der Waals surface area contributed by atoms with E-state index in [1.165, 1.54) is 77.0 Å². The quantitative estimate of drug-likeness (QED) is 0.590. The Bertz CT molecular complexity index is 508. The number of hydrogen-bond donors (Lipinski definition) is 0. The summed E-state index contributed by atoms with van der Waals surface area (Å²) in [5.74, 6) is 6.32. The SMILES string of the molecule is CC(OC(C)C12CCC(C1)C1CCCC12)C12CCC(C1)C1CCCC12. The van der Waals surface area contributed by atoms with Gasteiger partial charge in [-0.25, -0.2) is 0 Å². The molecule has 0 aromatic heterocycles. The van der Waals surface area contributed by atoms with Crippen molar-refractivity contribution in [2.45, 2.75) is 103 Å². The summed E-state index contributed by atoms with van der Waals surface area (Å²) in [7, 11) is 0. The van der Waals surface area contributed by atoms with Crippen LogP contribution < -0.4 is 0 Å². The van der Waals surface area contributed by atoms with Crippen LogP contribution in [0.3, 0.4) is 0 Å². The van der Waals surface area contributed by atoms with Gasteiger partial charge in [-0.05, 0) is 124 Å². The molecule has 0 spiro atoms. The highest BCUT2D eigenvalue weighted by molar-refractivity contribution is 5.13. The summed E-state index contributed by atoms with van der Waals surface area (Å²) in [6.45, 7) is 4.98. The Labute approximate surface area is 154 Å². The third-order valence-corrected chi connectivity index (χ3v) is 11.1. The van der Waals surface area contributed by atoms with Gasteiger partial charge in [-0.15, -0.1) is 0 Å². The van der Waals surface area contributed by atoms with E-state index in [9.17, 15) is 0 Å². The maximum absolute atomic E-state index is 7.08. The maximum atomic E-state index is 7.08. The van der Waals surface area contributed by atoms with E-state index in [1.807, 2.05) is 0 Å². The minimum atomic E-state index is 0.509. The van der Waals surface area contributed by atoms with Crippen LogP contribution >= 0.6 is 0 Å². The lowest BCUT2D eigenvalue weighted by molar-refractivity contribution is -0.138. The van der Waals surface area contributed by atoms with E-state index in [1.54, 1.807) is 0 Å². The standard InChI is InChI=1S/C24H38O/c1-15(23-11-9-17(13-23)19-5-3-7-21(19)23)25-16(2)24-12-10-18(14-24)20-6-4-8-22(20)24/h15-22H,3-14H2,1-2H3. The van der Waals surface area contributed by atoms with Gasteiger partial charge in [0.05, 0.1) is 12.2 Å². The van der Waals surface area contributed by atoms with Crippen LogP contribution in [0.4, 0.5) is 0 Å². The lowest BCUT2D eigenvalue weighted by atomic mass is 9.67. The van der Waals surface area contributed by atoms with Gasteiger partial charge in [0.1, 0.15) is 0 Å². The lowest BCUT2D eigenvalue weighted by Crippen LogP contribution is -2.45. The van der Waals surface area contributed by atoms with Gasteiger partial charge < -0.3 is 4.74 Å². The van der Waals surface area contributed by atoms with Gasteiger partial charge in [-0.3, -0.25) is 0 Å². The molecule has 0 N–H and O–H groups in total. The van der Waals surface area contributed by atoms with E-state index in [0.717, 1.165) is 35.5 Å². The van der Waals surface area contributed by atoms with Gasteiger partial charge in [0.2, 0.25) is 0 Å². The van der Waals surface area contributed by atoms with E-state index in [2.05, 4.69) is 13.8 Å². The fourth-order valence-electron chi connectivity index (χ4n) is 10.1. The van der Waals surface area contributed by atoms with Crippen molar-refractivity contribution in [3.05, 3.63) is 0 Å². The molecule has 1 heteroatoms. The molecule has 0 aliphatic heterocycles. The number of ether oxygens (including phenoxy) is 1. The zero-order valence-electron chi connectivity index (χ0n) is 16.5. The Hall–Kier alpha value is -0.0400. The van der Waals surface area contributed by atoms with Crippen molar-refractivity contribution in [1.29, 1.82) is 0 Å². The smallest absolute Gasteiger partial charge is 0.0609 e. The molecule has 4 bridgehead atoms. The summed E-state index contributed by atoms with van der Waals surface area (Å²) in [4.78, 5) is 0. The Kier molecular flexibility index (Phi) is 3.36. The van der Waals surface area contributed by atoms with E-state index < -0.39 is 0 Å². The van der Waals surface area contributed by atoms with Crippen LogP contribution in [-0.2, 0) is 4.74 Å². The number of hydrogen-bond acceptors (Lipinski definition) is 1. The maximum Gasteiger partial charge on any atom is 0.0609 e. The van der Waals surface area contributed by atoms with E-state index in [0.29, 0.717) is 23.0 Å². The second-order valence-corrected chi connectivity index (χ2v) is 11.3. The Morgan fingerprint density at radius 1 is 0.680 bits per heavy atom. The molecular formula is C24H38O. The molecule has 6 rings (SSSR count). The predicted molar refractivity (Wildman–Crippen MR) is 101 cm³/mol. The molecule has 0 aromatic rings. The monoisotopic (exact) mass is 342 g/mol. The van der Waals surface area contributed by atoms with E-state index in [-0.39, 0.29) is 0 Å².